The molecular formula is C29H36N2O5. The van der Waals surface area contributed by atoms with E-state index in [4.69, 9.17) is 25.7 Å². The molecule has 0 spiro atoms. The Balaban J connectivity index is 1.37. The van der Waals surface area contributed by atoms with Crippen molar-refractivity contribution in [3.8, 4) is 5.75 Å². The number of carbonyl (C=O) groups is 2. The zero-order chi connectivity index (χ0) is 25.8. The number of nitrogen functional groups attached to an aromatic ring is 2. The average Bonchev–Trinajstić information content (AvgIpc) is 2.86. The van der Waals surface area contributed by atoms with Gasteiger partial charge in [0, 0.05) is 30.5 Å². The first-order valence-corrected chi connectivity index (χ1v) is 12.5. The Morgan fingerprint density at radius 2 is 1.67 bits per heavy atom. The summed E-state index contributed by atoms with van der Waals surface area (Å²) in [5, 5.41) is 0. The third kappa shape index (κ3) is 9.23. The molecule has 0 atom stereocenters. The molecule has 7 nitrogen and oxygen atoms in total. The van der Waals surface area contributed by atoms with E-state index in [1.54, 1.807) is 48.5 Å². The normalized spacial score (nSPS) is 17.6. The molecule has 0 amide bonds. The van der Waals surface area contributed by atoms with Crippen LogP contribution in [-0.2, 0) is 25.5 Å². The first-order chi connectivity index (χ1) is 17.4. The molecule has 0 radical (unpaired) electrons. The number of esters is 2. The molecule has 4 N–H and O–H groups in total. The molecule has 36 heavy (non-hydrogen) atoms. The van der Waals surface area contributed by atoms with Gasteiger partial charge in [0.05, 0.1) is 18.6 Å². The van der Waals surface area contributed by atoms with Crippen LogP contribution in [0.2, 0.25) is 0 Å². The SMILES string of the molecule is C=CCCCOC1CCC(C(=O)Oc2ccc(C=CC(=O)OCCc3cc(N)cc(N)c3)cc2)CC1. The van der Waals surface area contributed by atoms with E-state index in [1.807, 2.05) is 6.08 Å². The van der Waals surface area contributed by atoms with Crippen LogP contribution in [0.25, 0.3) is 6.08 Å². The molecule has 0 aromatic heterocycles. The largest absolute Gasteiger partial charge is 0.462 e. The Kier molecular flexibility index (Phi) is 10.6. The number of hydrogen-bond donors (Lipinski definition) is 2. The molecule has 1 fully saturated rings. The van der Waals surface area contributed by atoms with Gasteiger partial charge in [-0.15, -0.1) is 6.58 Å². The quantitative estimate of drug-likeness (QED) is 0.106. The maximum absolute atomic E-state index is 12.6. The lowest BCUT2D eigenvalue weighted by atomic mass is 9.87. The zero-order valence-corrected chi connectivity index (χ0v) is 20.7. The van der Waals surface area contributed by atoms with E-state index in [-0.39, 0.29) is 24.6 Å². The molecule has 7 heteroatoms. The standard InChI is InChI=1S/C29H36N2O5/c1-2-3-4-16-34-26-12-8-23(9-13-26)29(33)36-27-10-5-21(6-11-27)7-14-28(32)35-17-15-22-18-24(30)20-25(31)19-22/h2,5-7,10-11,14,18-20,23,26H,1,3-4,8-9,12-13,15-17,30-31H2. The average molecular weight is 493 g/mol. The summed E-state index contributed by atoms with van der Waals surface area (Å²) in [4.78, 5) is 24.5. The number of benzene rings is 2. The molecule has 3 rings (SSSR count). The summed E-state index contributed by atoms with van der Waals surface area (Å²) >= 11 is 0. The Morgan fingerprint density at radius 3 is 2.33 bits per heavy atom. The molecule has 0 bridgehead atoms. The third-order valence-corrected chi connectivity index (χ3v) is 6.10. The minimum atomic E-state index is -0.442. The number of rotatable bonds is 12. The van der Waals surface area contributed by atoms with Gasteiger partial charge >= 0.3 is 11.9 Å². The molecule has 2 aromatic carbocycles. The molecule has 1 aliphatic rings. The summed E-state index contributed by atoms with van der Waals surface area (Å²) < 4.78 is 16.7. The van der Waals surface area contributed by atoms with Gasteiger partial charge in [-0.25, -0.2) is 4.79 Å². The van der Waals surface area contributed by atoms with Gasteiger partial charge in [0.25, 0.3) is 0 Å². The van der Waals surface area contributed by atoms with Gasteiger partial charge in [0.15, 0.2) is 0 Å². The smallest absolute Gasteiger partial charge is 0.330 e. The van der Waals surface area contributed by atoms with E-state index >= 15 is 0 Å². The number of carbonyl (C=O) groups excluding carboxylic acids is 2. The first-order valence-electron chi connectivity index (χ1n) is 12.5. The summed E-state index contributed by atoms with van der Waals surface area (Å²) in [6.07, 6.45) is 10.9. The van der Waals surface area contributed by atoms with Crippen molar-refractivity contribution in [3.63, 3.8) is 0 Å². The lowest BCUT2D eigenvalue weighted by Crippen LogP contribution is -2.29. The van der Waals surface area contributed by atoms with Crippen molar-refractivity contribution in [3.05, 3.63) is 72.3 Å². The predicted molar refractivity (Wildman–Crippen MR) is 142 cm³/mol. The van der Waals surface area contributed by atoms with Crippen LogP contribution < -0.4 is 16.2 Å². The highest BCUT2D eigenvalue weighted by atomic mass is 16.5. The molecule has 0 unspecified atom stereocenters. The van der Waals surface area contributed by atoms with Gasteiger partial charge in [-0.05, 0) is 86.1 Å². The summed E-state index contributed by atoms with van der Waals surface area (Å²) in [6, 6.07) is 12.3. The maximum atomic E-state index is 12.6. The summed E-state index contributed by atoms with van der Waals surface area (Å²) in [5.74, 6) is -0.253. The molecule has 1 saturated carbocycles. The van der Waals surface area contributed by atoms with Crippen LogP contribution in [0.3, 0.4) is 0 Å². The number of anilines is 2. The van der Waals surface area contributed by atoms with E-state index in [0.717, 1.165) is 56.3 Å². The topological polar surface area (TPSA) is 114 Å². The van der Waals surface area contributed by atoms with Crippen molar-refractivity contribution in [1.29, 1.82) is 0 Å². The van der Waals surface area contributed by atoms with E-state index in [9.17, 15) is 9.59 Å². The van der Waals surface area contributed by atoms with Crippen molar-refractivity contribution < 1.29 is 23.8 Å². The number of ether oxygens (including phenoxy) is 3. The highest BCUT2D eigenvalue weighted by Crippen LogP contribution is 2.28. The van der Waals surface area contributed by atoms with Crippen LogP contribution in [0, 0.1) is 5.92 Å². The summed E-state index contributed by atoms with van der Waals surface area (Å²) in [5.41, 5.74) is 14.4. The minimum absolute atomic E-state index is 0.101. The summed E-state index contributed by atoms with van der Waals surface area (Å²) in [7, 11) is 0. The first kappa shape index (κ1) is 27.0. The van der Waals surface area contributed by atoms with Gasteiger partial charge in [0.1, 0.15) is 5.75 Å². The fourth-order valence-electron chi connectivity index (χ4n) is 4.16. The van der Waals surface area contributed by atoms with Gasteiger partial charge in [0.2, 0.25) is 0 Å². The molecule has 2 aromatic rings. The third-order valence-electron chi connectivity index (χ3n) is 6.10. The Labute approximate surface area is 213 Å². The van der Waals surface area contributed by atoms with E-state index in [2.05, 4.69) is 6.58 Å². The highest BCUT2D eigenvalue weighted by Gasteiger charge is 2.28. The second kappa shape index (κ2) is 14.1. The summed E-state index contributed by atoms with van der Waals surface area (Å²) in [6.45, 7) is 4.68. The number of hydrogen-bond acceptors (Lipinski definition) is 7. The lowest BCUT2D eigenvalue weighted by Gasteiger charge is -2.27. The fraction of sp³-hybridized carbons (Fsp3) is 0.379. The second-order valence-electron chi connectivity index (χ2n) is 9.02. The number of unbranched alkanes of at least 4 members (excludes halogenated alkanes) is 1. The molecule has 0 saturated heterocycles. The van der Waals surface area contributed by atoms with Crippen molar-refractivity contribution >= 4 is 29.4 Å². The van der Waals surface area contributed by atoms with Crippen molar-refractivity contribution in [1.82, 2.24) is 0 Å². The zero-order valence-electron chi connectivity index (χ0n) is 20.7. The number of nitrogens with two attached hydrogens (primary N) is 2. The minimum Gasteiger partial charge on any atom is -0.462 e. The molecule has 0 heterocycles. The second-order valence-corrected chi connectivity index (χ2v) is 9.02. The van der Waals surface area contributed by atoms with E-state index < -0.39 is 5.97 Å². The van der Waals surface area contributed by atoms with Gasteiger partial charge in [-0.3, -0.25) is 4.79 Å². The van der Waals surface area contributed by atoms with Crippen LogP contribution in [0.15, 0.2) is 61.2 Å². The van der Waals surface area contributed by atoms with Crippen molar-refractivity contribution in [2.24, 2.45) is 5.92 Å². The number of allylic oxidation sites excluding steroid dienone is 1. The molecular weight excluding hydrogens is 456 g/mol. The van der Waals surface area contributed by atoms with Crippen LogP contribution in [0.4, 0.5) is 11.4 Å². The molecule has 1 aliphatic carbocycles. The van der Waals surface area contributed by atoms with Crippen LogP contribution >= 0.6 is 0 Å². The van der Waals surface area contributed by atoms with Crippen molar-refractivity contribution in [2.75, 3.05) is 24.7 Å². The highest BCUT2D eigenvalue weighted by molar-refractivity contribution is 5.87. The van der Waals surface area contributed by atoms with Crippen LogP contribution in [0.5, 0.6) is 5.75 Å². The Hall–Kier alpha value is -3.58. The molecule has 0 aliphatic heterocycles. The van der Waals surface area contributed by atoms with Crippen LogP contribution in [0.1, 0.15) is 49.7 Å². The Bertz CT molecular complexity index is 1020. The Morgan fingerprint density at radius 1 is 0.972 bits per heavy atom. The van der Waals surface area contributed by atoms with Gasteiger partial charge in [-0.1, -0.05) is 18.2 Å². The fourth-order valence-corrected chi connectivity index (χ4v) is 4.16. The maximum Gasteiger partial charge on any atom is 0.330 e. The monoisotopic (exact) mass is 492 g/mol. The van der Waals surface area contributed by atoms with Gasteiger partial charge < -0.3 is 25.7 Å². The molecule has 192 valence electrons. The lowest BCUT2D eigenvalue weighted by molar-refractivity contribution is -0.141. The van der Waals surface area contributed by atoms with Crippen LogP contribution in [-0.4, -0.2) is 31.3 Å². The van der Waals surface area contributed by atoms with E-state index in [0.29, 0.717) is 23.5 Å². The predicted octanol–water partition coefficient (Wildman–Crippen LogP) is 5.10. The van der Waals surface area contributed by atoms with Crippen molar-refractivity contribution in [2.45, 2.75) is 51.0 Å². The van der Waals surface area contributed by atoms with Gasteiger partial charge in [-0.2, -0.15) is 0 Å². The van der Waals surface area contributed by atoms with E-state index in [1.165, 1.54) is 6.08 Å².